The van der Waals surface area contributed by atoms with E-state index in [2.05, 4.69) is 88.1 Å². The lowest BCUT2D eigenvalue weighted by atomic mass is 10.0. The standard InChI is InChI=1S/C59H85N17O19S2/c1-27(2)16-37(69-48(83)32(60)19-44(61)79)57(92)75-14-6-10-42(75)56(91)71-39(23-77)52(87)73-40(24-96)53(88)67-36(18-30-22-63-26-65-30)51(86)74-47(28(3)78)58(93)76-15-7-11-43(76)55(90)68-35(17-29-21-64-33-9-5-4-8-31(29)33)50(85)66-34(12-13-46(81)82)49(84)72-41(25-97)54(89)70-38(59(94)95)20-45(62)80/h4-5,8-9,21-22,26-28,32,34-43,47,64,77-78,96-97H,6-7,10-20,23-25,60H2,1-3H3,(H2,61,79)(H2,62,80)(H,63,65)(H,66,85)(H,67,88)(H,68,90)(H,69,83)(H,70,89)(H,71,91)(H,72,84)(H,73,87)(H,74,86)(H,81,82)(H,94,95)/t28-,32+,34+,35+,36+,37+,38+,39+,40+,41+,42+,43+,47+/m1/s1. The first-order valence-corrected chi connectivity index (χ1v) is 32.3. The first kappa shape index (κ1) is 78.3. The Bertz CT molecular complexity index is 3350. The Labute approximate surface area is 566 Å². The second-order valence-corrected chi connectivity index (χ2v) is 24.6. The van der Waals surface area contributed by atoms with Crippen LogP contribution in [0.4, 0.5) is 0 Å². The Balaban J connectivity index is 1.32. The number of fused-ring (bicyclic) bond motifs is 1. The summed E-state index contributed by atoms with van der Waals surface area (Å²) in [5.74, 6) is -16.8. The van der Waals surface area contributed by atoms with Gasteiger partial charge < -0.3 is 105 Å². The molecule has 2 fully saturated rings. The van der Waals surface area contributed by atoms with E-state index in [1.165, 1.54) is 17.4 Å². The molecule has 2 aliphatic rings. The molecular formula is C59H85N17O19S2. The number of H-pyrrole nitrogens is 2. The SMILES string of the molecule is CC(C)C[C@H](NC(=O)[C@@H](N)CC(N)=O)C(=O)N1CCC[C@H]1C(=O)N[C@@H](CO)C(=O)N[C@@H](CS)C(=O)N[C@@H](Cc1cnc[nH]1)C(=O)N[C@H](C(=O)N1CCC[C@H]1C(=O)N[C@@H](Cc1c[nH]c2ccccc12)C(=O)N[C@@H](CCC(=O)O)C(=O)N[C@@H](CS)C(=O)N[C@@H](CC(N)=O)C(=O)O)[C@@H](C)O. The van der Waals surface area contributed by atoms with Gasteiger partial charge in [-0.05, 0) is 63.0 Å². The number of aliphatic hydroxyl groups is 2. The maximum absolute atomic E-state index is 14.7. The summed E-state index contributed by atoms with van der Waals surface area (Å²) in [5, 5.41) is 63.0. The van der Waals surface area contributed by atoms with Gasteiger partial charge in [0, 0.05) is 72.8 Å². The topological polar surface area (TPSA) is 574 Å². The number of hydrogen-bond donors (Lipinski definition) is 20. The molecule has 21 N–H and O–H groups in total. The highest BCUT2D eigenvalue weighted by Gasteiger charge is 2.44. The van der Waals surface area contributed by atoms with Crippen LogP contribution in [0.3, 0.4) is 0 Å². The van der Waals surface area contributed by atoms with Crippen molar-refractivity contribution in [2.75, 3.05) is 31.2 Å². The molecule has 0 bridgehead atoms. The number of hydrogen-bond acceptors (Lipinski definition) is 21. The van der Waals surface area contributed by atoms with Crippen LogP contribution in [0.25, 0.3) is 10.9 Å². The van der Waals surface area contributed by atoms with Gasteiger partial charge in [0.15, 0.2) is 0 Å². The van der Waals surface area contributed by atoms with E-state index in [-0.39, 0.29) is 63.2 Å². The maximum Gasteiger partial charge on any atom is 0.326 e. The molecule has 13 amide bonds. The third-order valence-electron chi connectivity index (χ3n) is 15.9. The predicted molar refractivity (Wildman–Crippen MR) is 347 cm³/mol. The average Bonchev–Trinajstić information content (AvgIpc) is 1.74. The summed E-state index contributed by atoms with van der Waals surface area (Å²) in [6.45, 7) is 3.68. The number of nitrogens with two attached hydrogens (primary N) is 3. The van der Waals surface area contributed by atoms with Crippen LogP contribution in [-0.4, -0.2) is 244 Å². The van der Waals surface area contributed by atoms with Crippen molar-refractivity contribution in [2.45, 2.75) is 170 Å². The minimum absolute atomic E-state index is 0.0230. The van der Waals surface area contributed by atoms with E-state index in [0.717, 1.165) is 11.8 Å². The fourth-order valence-corrected chi connectivity index (χ4v) is 11.4. The molecule has 38 heteroatoms. The number of imidazole rings is 1. The van der Waals surface area contributed by atoms with E-state index in [4.69, 9.17) is 17.2 Å². The van der Waals surface area contributed by atoms with Gasteiger partial charge in [-0.1, -0.05) is 32.0 Å². The van der Waals surface area contributed by atoms with Gasteiger partial charge in [0.05, 0.1) is 37.9 Å². The van der Waals surface area contributed by atoms with Crippen LogP contribution in [-0.2, 0) is 84.8 Å². The first-order chi connectivity index (χ1) is 45.9. The minimum Gasteiger partial charge on any atom is -0.481 e. The predicted octanol–water partition coefficient (Wildman–Crippen LogP) is -6.67. The van der Waals surface area contributed by atoms with Crippen molar-refractivity contribution >= 4 is 125 Å². The maximum atomic E-state index is 14.7. The molecule has 3 aromatic rings. The molecule has 2 saturated heterocycles. The number of benzene rings is 1. The van der Waals surface area contributed by atoms with Crippen LogP contribution in [0.15, 0.2) is 43.0 Å². The van der Waals surface area contributed by atoms with Crippen LogP contribution in [0.1, 0.15) is 89.8 Å². The molecule has 2 aliphatic heterocycles. The van der Waals surface area contributed by atoms with Crippen molar-refractivity contribution in [1.29, 1.82) is 0 Å². The second-order valence-electron chi connectivity index (χ2n) is 23.8. The molecule has 0 radical (unpaired) electrons. The number of nitrogens with one attached hydrogen (secondary N) is 11. The molecular weight excluding hydrogens is 1310 g/mol. The van der Waals surface area contributed by atoms with E-state index in [1.807, 2.05) is 0 Å². The molecule has 0 spiro atoms. The number of nitrogens with zero attached hydrogens (tertiary/aromatic N) is 3. The largest absolute Gasteiger partial charge is 0.481 e. The smallest absolute Gasteiger partial charge is 0.326 e. The lowest BCUT2D eigenvalue weighted by molar-refractivity contribution is -0.145. The van der Waals surface area contributed by atoms with Crippen LogP contribution in [0.5, 0.6) is 0 Å². The molecule has 36 nitrogen and oxygen atoms in total. The zero-order chi connectivity index (χ0) is 72.0. The van der Waals surface area contributed by atoms with Crippen molar-refractivity contribution < 1.29 is 92.3 Å². The fraction of sp³-hybridized carbons (Fsp3) is 0.559. The van der Waals surface area contributed by atoms with Gasteiger partial charge in [-0.25, -0.2) is 9.78 Å². The molecule has 4 heterocycles. The van der Waals surface area contributed by atoms with E-state index >= 15 is 0 Å². The van der Waals surface area contributed by atoms with E-state index < -0.39 is 211 Å². The number of amides is 13. The van der Waals surface area contributed by atoms with Crippen molar-refractivity contribution in [3.05, 3.63) is 54.2 Å². The van der Waals surface area contributed by atoms with Crippen LogP contribution < -0.4 is 65.1 Å². The van der Waals surface area contributed by atoms with Gasteiger partial charge in [0.25, 0.3) is 0 Å². The summed E-state index contributed by atoms with van der Waals surface area (Å²) >= 11 is 8.31. The van der Waals surface area contributed by atoms with Crippen LogP contribution in [0, 0.1) is 5.92 Å². The summed E-state index contributed by atoms with van der Waals surface area (Å²) in [6, 6.07) is -11.7. The van der Waals surface area contributed by atoms with Crippen LogP contribution >= 0.6 is 25.3 Å². The number of carboxylic acids is 2. The Morgan fingerprint density at radius 3 is 1.63 bits per heavy atom. The molecule has 5 rings (SSSR count). The Hall–Kier alpha value is -9.40. The van der Waals surface area contributed by atoms with E-state index in [1.54, 1.807) is 44.3 Å². The normalized spacial score (nSPS) is 17.8. The van der Waals surface area contributed by atoms with Crippen LogP contribution in [0.2, 0.25) is 0 Å². The number of likely N-dealkylation sites (tertiary alicyclic amines) is 2. The van der Waals surface area contributed by atoms with Crippen molar-refractivity contribution in [3.8, 4) is 0 Å². The zero-order valence-corrected chi connectivity index (χ0v) is 55.1. The van der Waals surface area contributed by atoms with Crippen molar-refractivity contribution in [3.63, 3.8) is 0 Å². The Kier molecular flexibility index (Phi) is 30.0. The van der Waals surface area contributed by atoms with Gasteiger partial charge in [0.2, 0.25) is 76.8 Å². The molecule has 0 unspecified atom stereocenters. The highest BCUT2D eigenvalue weighted by atomic mass is 32.1. The number of primary amides is 2. The monoisotopic (exact) mass is 1400 g/mol. The van der Waals surface area contributed by atoms with E-state index in [0.29, 0.717) is 22.9 Å². The zero-order valence-electron chi connectivity index (χ0n) is 53.3. The van der Waals surface area contributed by atoms with Gasteiger partial charge in [-0.2, -0.15) is 25.3 Å². The lowest BCUT2D eigenvalue weighted by Crippen LogP contribution is -2.62. The molecule has 97 heavy (non-hydrogen) atoms. The number of aliphatic hydroxyl groups excluding tert-OH is 2. The molecule has 1 aromatic carbocycles. The third-order valence-corrected chi connectivity index (χ3v) is 16.6. The Morgan fingerprint density at radius 1 is 0.608 bits per heavy atom. The molecule has 0 saturated carbocycles. The third kappa shape index (κ3) is 22.9. The number of carbonyl (C=O) groups excluding carboxylic acids is 13. The quantitative estimate of drug-likeness (QED) is 0.0237. The van der Waals surface area contributed by atoms with Gasteiger partial charge >= 0.3 is 11.9 Å². The number of rotatable bonds is 38. The number of aromatic nitrogens is 3. The average molecular weight is 1400 g/mol. The number of para-hydroxylation sites is 1. The number of aromatic amines is 2. The molecule has 532 valence electrons. The van der Waals surface area contributed by atoms with Crippen molar-refractivity contribution in [2.24, 2.45) is 23.1 Å². The lowest BCUT2D eigenvalue weighted by Gasteiger charge is -2.32. The summed E-state index contributed by atoms with van der Waals surface area (Å²) in [7, 11) is 0. The minimum atomic E-state index is -1.82. The number of carboxylic acid groups (broad SMARTS) is 2. The van der Waals surface area contributed by atoms with Gasteiger partial charge in [0.1, 0.15) is 66.5 Å². The van der Waals surface area contributed by atoms with Gasteiger partial charge in [-0.15, -0.1) is 0 Å². The fourth-order valence-electron chi connectivity index (χ4n) is 10.9. The molecule has 2 aromatic heterocycles. The molecule has 13 atom stereocenters. The summed E-state index contributed by atoms with van der Waals surface area (Å²) < 4.78 is 0. The number of carbonyl (C=O) groups is 15. The number of aliphatic carboxylic acids is 2. The van der Waals surface area contributed by atoms with Crippen molar-refractivity contribution in [1.82, 2.24) is 72.6 Å². The summed E-state index contributed by atoms with van der Waals surface area (Å²) in [6.07, 6.45) is -0.0446. The van der Waals surface area contributed by atoms with E-state index in [9.17, 15) is 92.3 Å². The van der Waals surface area contributed by atoms with Gasteiger partial charge in [-0.3, -0.25) is 67.1 Å². The summed E-state index contributed by atoms with van der Waals surface area (Å²) in [4.78, 5) is 212. The highest BCUT2D eigenvalue weighted by molar-refractivity contribution is 7.80. The Morgan fingerprint density at radius 2 is 1.10 bits per heavy atom. The summed E-state index contributed by atoms with van der Waals surface area (Å²) in [5.41, 5.74) is 17.5. The molecule has 0 aliphatic carbocycles. The second kappa shape index (κ2) is 37.2. The highest BCUT2D eigenvalue weighted by Crippen LogP contribution is 2.24. The first-order valence-electron chi connectivity index (χ1n) is 31.0. The number of thiol groups is 2.